The number of imidazole rings is 1. The molecule has 29 heavy (non-hydrogen) atoms. The highest BCUT2D eigenvalue weighted by molar-refractivity contribution is 5.85. The second kappa shape index (κ2) is 8.59. The Hall–Kier alpha value is -2.97. The molecule has 0 bridgehead atoms. The highest BCUT2D eigenvalue weighted by Crippen LogP contribution is 2.19. The van der Waals surface area contributed by atoms with Crippen LogP contribution in [0.2, 0.25) is 0 Å². The number of fused-ring (bicyclic) bond motifs is 1. The fourth-order valence-corrected chi connectivity index (χ4v) is 3.61. The smallest absolute Gasteiger partial charge is 0.160 e. The van der Waals surface area contributed by atoms with Crippen LogP contribution in [-0.2, 0) is 32.6 Å². The molecule has 4 heterocycles. The first-order valence-corrected chi connectivity index (χ1v) is 9.56. The molecule has 1 aliphatic heterocycles. The Morgan fingerprint density at radius 3 is 2.86 bits per heavy atom. The van der Waals surface area contributed by atoms with Crippen molar-refractivity contribution >= 4 is 12.4 Å². The molecule has 3 aromatic heterocycles. The topological polar surface area (TPSA) is 78.4 Å². The van der Waals surface area contributed by atoms with Gasteiger partial charge in [-0.25, -0.2) is 4.98 Å². The molecule has 4 aromatic rings. The van der Waals surface area contributed by atoms with E-state index in [9.17, 15) is 0 Å². The van der Waals surface area contributed by atoms with Crippen LogP contribution in [0.15, 0.2) is 55.1 Å². The van der Waals surface area contributed by atoms with Gasteiger partial charge in [0.25, 0.3) is 0 Å². The first-order chi connectivity index (χ1) is 13.9. The average Bonchev–Trinajstić information content (AvgIpc) is 3.47. The third-order valence-corrected chi connectivity index (χ3v) is 5.11. The highest BCUT2D eigenvalue weighted by Gasteiger charge is 2.17. The molecule has 0 unspecified atom stereocenters. The van der Waals surface area contributed by atoms with Crippen molar-refractivity contribution in [3.63, 3.8) is 0 Å². The number of aryl methyl sites for hydroxylation is 2. The maximum absolute atomic E-state index is 4.73. The third-order valence-electron chi connectivity index (χ3n) is 5.11. The Morgan fingerprint density at radius 1 is 1.10 bits per heavy atom. The molecule has 1 aromatic carbocycles. The van der Waals surface area contributed by atoms with Gasteiger partial charge in [0.05, 0.1) is 18.8 Å². The summed E-state index contributed by atoms with van der Waals surface area (Å²) < 4.78 is 6.26. The first-order valence-electron chi connectivity index (χ1n) is 9.56. The SMILES string of the molecule is Cl.c1ccc(CCn2cnnc2Cn2ccnc2-c2cc3n(n2)CCNC3)cc1. The molecule has 0 spiro atoms. The van der Waals surface area contributed by atoms with Gasteiger partial charge in [0, 0.05) is 32.0 Å². The van der Waals surface area contributed by atoms with Gasteiger partial charge in [-0.1, -0.05) is 30.3 Å². The van der Waals surface area contributed by atoms with Crippen LogP contribution >= 0.6 is 12.4 Å². The molecule has 0 amide bonds. The number of benzene rings is 1. The summed E-state index contributed by atoms with van der Waals surface area (Å²) in [6, 6.07) is 12.6. The minimum absolute atomic E-state index is 0. The number of aromatic nitrogens is 7. The second-order valence-corrected chi connectivity index (χ2v) is 6.98. The zero-order valence-electron chi connectivity index (χ0n) is 16.0. The van der Waals surface area contributed by atoms with Gasteiger partial charge < -0.3 is 14.5 Å². The van der Waals surface area contributed by atoms with Crippen LogP contribution < -0.4 is 5.32 Å². The molecular formula is C20H23ClN8. The van der Waals surface area contributed by atoms with Gasteiger partial charge in [-0.2, -0.15) is 5.10 Å². The fourth-order valence-electron chi connectivity index (χ4n) is 3.61. The number of nitrogens with zero attached hydrogens (tertiary/aromatic N) is 7. The van der Waals surface area contributed by atoms with Crippen molar-refractivity contribution in [2.24, 2.45) is 0 Å². The molecule has 0 atom stereocenters. The lowest BCUT2D eigenvalue weighted by molar-refractivity contribution is 0.476. The predicted molar refractivity (Wildman–Crippen MR) is 112 cm³/mol. The molecule has 1 aliphatic rings. The number of hydrogen-bond acceptors (Lipinski definition) is 5. The van der Waals surface area contributed by atoms with Gasteiger partial charge in [0.2, 0.25) is 0 Å². The summed E-state index contributed by atoms with van der Waals surface area (Å²) in [4.78, 5) is 4.54. The van der Waals surface area contributed by atoms with E-state index in [1.807, 2.05) is 18.5 Å². The zero-order chi connectivity index (χ0) is 18.8. The van der Waals surface area contributed by atoms with Crippen molar-refractivity contribution in [1.82, 2.24) is 39.4 Å². The summed E-state index contributed by atoms with van der Waals surface area (Å²) in [5, 5.41) is 16.6. The Labute approximate surface area is 175 Å². The van der Waals surface area contributed by atoms with E-state index in [0.717, 1.165) is 49.9 Å². The van der Waals surface area contributed by atoms with Crippen LogP contribution in [0.5, 0.6) is 0 Å². The monoisotopic (exact) mass is 410 g/mol. The average molecular weight is 411 g/mol. The van der Waals surface area contributed by atoms with E-state index in [1.165, 1.54) is 11.3 Å². The molecule has 1 N–H and O–H groups in total. The molecule has 0 radical (unpaired) electrons. The van der Waals surface area contributed by atoms with Crippen molar-refractivity contribution < 1.29 is 0 Å². The summed E-state index contributed by atoms with van der Waals surface area (Å²) in [7, 11) is 0. The second-order valence-electron chi connectivity index (χ2n) is 6.98. The molecule has 0 aliphatic carbocycles. The van der Waals surface area contributed by atoms with Gasteiger partial charge in [0.1, 0.15) is 12.0 Å². The molecule has 0 saturated carbocycles. The van der Waals surface area contributed by atoms with Crippen molar-refractivity contribution in [3.05, 3.63) is 72.2 Å². The van der Waals surface area contributed by atoms with E-state index in [4.69, 9.17) is 5.10 Å². The van der Waals surface area contributed by atoms with E-state index < -0.39 is 0 Å². The van der Waals surface area contributed by atoms with Crippen LogP contribution in [0.4, 0.5) is 0 Å². The van der Waals surface area contributed by atoms with Crippen LogP contribution in [0.3, 0.4) is 0 Å². The maximum Gasteiger partial charge on any atom is 0.160 e. The summed E-state index contributed by atoms with van der Waals surface area (Å²) >= 11 is 0. The van der Waals surface area contributed by atoms with E-state index in [0.29, 0.717) is 6.54 Å². The lowest BCUT2D eigenvalue weighted by Crippen LogP contribution is -2.28. The normalized spacial score (nSPS) is 13.1. The van der Waals surface area contributed by atoms with E-state index in [2.05, 4.69) is 64.6 Å². The largest absolute Gasteiger partial charge is 0.322 e. The van der Waals surface area contributed by atoms with Crippen molar-refractivity contribution in [1.29, 1.82) is 0 Å². The van der Waals surface area contributed by atoms with Crippen LogP contribution in [0.1, 0.15) is 17.1 Å². The lowest BCUT2D eigenvalue weighted by Gasteiger charge is -2.13. The molecular weight excluding hydrogens is 388 g/mol. The lowest BCUT2D eigenvalue weighted by atomic mass is 10.1. The molecule has 150 valence electrons. The number of rotatable bonds is 6. The molecule has 0 saturated heterocycles. The van der Waals surface area contributed by atoms with E-state index in [1.54, 1.807) is 6.33 Å². The summed E-state index contributed by atoms with van der Waals surface area (Å²) in [5.41, 5.74) is 3.41. The van der Waals surface area contributed by atoms with Crippen LogP contribution in [0, 0.1) is 0 Å². The van der Waals surface area contributed by atoms with Gasteiger partial charge in [-0.3, -0.25) is 4.68 Å². The van der Waals surface area contributed by atoms with Gasteiger partial charge in [0.15, 0.2) is 11.6 Å². The summed E-state index contributed by atoms with van der Waals surface area (Å²) in [6.07, 6.45) is 6.54. The third kappa shape index (κ3) is 4.08. The predicted octanol–water partition coefficient (Wildman–Crippen LogP) is 2.15. The first kappa shape index (κ1) is 19.4. The van der Waals surface area contributed by atoms with E-state index >= 15 is 0 Å². The van der Waals surface area contributed by atoms with Crippen molar-refractivity contribution in [2.75, 3.05) is 6.54 Å². The molecule has 8 nitrogen and oxygen atoms in total. The van der Waals surface area contributed by atoms with Crippen LogP contribution in [-0.4, -0.2) is 40.6 Å². The Morgan fingerprint density at radius 2 is 2.00 bits per heavy atom. The van der Waals surface area contributed by atoms with Gasteiger partial charge in [-0.15, -0.1) is 22.6 Å². The number of nitrogens with one attached hydrogen (secondary N) is 1. The summed E-state index contributed by atoms with van der Waals surface area (Å²) in [5.74, 6) is 1.78. The summed E-state index contributed by atoms with van der Waals surface area (Å²) in [6.45, 7) is 4.16. The number of halogens is 1. The van der Waals surface area contributed by atoms with Gasteiger partial charge in [-0.05, 0) is 18.1 Å². The minimum atomic E-state index is 0. The minimum Gasteiger partial charge on any atom is -0.322 e. The van der Waals surface area contributed by atoms with Crippen LogP contribution in [0.25, 0.3) is 11.5 Å². The fraction of sp³-hybridized carbons (Fsp3) is 0.300. The Balaban J connectivity index is 0.00000205. The van der Waals surface area contributed by atoms with Gasteiger partial charge >= 0.3 is 0 Å². The quantitative estimate of drug-likeness (QED) is 0.527. The van der Waals surface area contributed by atoms with Crippen molar-refractivity contribution in [2.45, 2.75) is 32.6 Å². The van der Waals surface area contributed by atoms with Crippen molar-refractivity contribution in [3.8, 4) is 11.5 Å². The number of hydrogen-bond donors (Lipinski definition) is 1. The standard InChI is InChI=1S/C20H22N8.ClH/c1-2-4-16(5-3-1)6-9-27-15-23-24-19(27)14-26-10-8-22-20(26)18-12-17-13-21-7-11-28(17)25-18;/h1-5,8,10,12,15,21H,6-7,9,11,13-14H2;1H. The Kier molecular flexibility index (Phi) is 5.73. The maximum atomic E-state index is 4.73. The Bertz CT molecular complexity index is 1040. The molecule has 0 fully saturated rings. The zero-order valence-corrected chi connectivity index (χ0v) is 16.8. The molecule has 5 rings (SSSR count). The highest BCUT2D eigenvalue weighted by atomic mass is 35.5. The molecule has 9 heteroatoms. The van der Waals surface area contributed by atoms with E-state index in [-0.39, 0.29) is 12.4 Å².